The van der Waals surface area contributed by atoms with Gasteiger partial charge in [0.15, 0.2) is 0 Å². The molecular formula is C16H26N4O. The van der Waals surface area contributed by atoms with Gasteiger partial charge in [0.05, 0.1) is 12.3 Å². The van der Waals surface area contributed by atoms with Crippen molar-refractivity contribution in [3.05, 3.63) is 18.0 Å². The van der Waals surface area contributed by atoms with Crippen LogP contribution >= 0.6 is 0 Å². The Morgan fingerprint density at radius 1 is 1.10 bits per heavy atom. The smallest absolute Gasteiger partial charge is 0.225 e. The quantitative estimate of drug-likeness (QED) is 0.914. The average Bonchev–Trinajstić information content (AvgIpc) is 2.56. The van der Waals surface area contributed by atoms with E-state index in [1.807, 2.05) is 0 Å². The minimum absolute atomic E-state index is 0.0167. The van der Waals surface area contributed by atoms with Crippen molar-refractivity contribution in [1.29, 1.82) is 0 Å². The van der Waals surface area contributed by atoms with Crippen LogP contribution in [0.5, 0.6) is 0 Å². The first-order valence-corrected chi connectivity index (χ1v) is 8.25. The number of rotatable bonds is 4. The van der Waals surface area contributed by atoms with Crippen molar-refractivity contribution >= 4 is 5.95 Å². The fraction of sp³-hybridized carbons (Fsp3) is 0.750. The molecule has 1 N–H and O–H groups in total. The van der Waals surface area contributed by atoms with E-state index in [1.165, 1.54) is 38.6 Å². The monoisotopic (exact) mass is 290 g/mol. The van der Waals surface area contributed by atoms with Gasteiger partial charge in [0.2, 0.25) is 5.95 Å². The van der Waals surface area contributed by atoms with E-state index in [9.17, 15) is 0 Å². The maximum Gasteiger partial charge on any atom is 0.225 e. The molecule has 2 aliphatic rings. The molecule has 0 aromatic carbocycles. The molecule has 0 unspecified atom stereocenters. The van der Waals surface area contributed by atoms with Crippen LogP contribution in [0.25, 0.3) is 0 Å². The molecule has 1 saturated carbocycles. The van der Waals surface area contributed by atoms with Gasteiger partial charge in [-0.05, 0) is 24.8 Å². The predicted octanol–water partition coefficient (Wildman–Crippen LogP) is 1.67. The van der Waals surface area contributed by atoms with E-state index in [2.05, 4.69) is 19.8 Å². The Morgan fingerprint density at radius 2 is 1.86 bits per heavy atom. The molecule has 0 amide bonds. The van der Waals surface area contributed by atoms with Gasteiger partial charge in [0.25, 0.3) is 0 Å². The third kappa shape index (κ3) is 3.92. The zero-order valence-corrected chi connectivity index (χ0v) is 12.7. The normalized spacial score (nSPS) is 21.7. The molecule has 1 aromatic rings. The summed E-state index contributed by atoms with van der Waals surface area (Å²) in [7, 11) is 0. The number of aliphatic hydroxyl groups excluding tert-OH is 1. The topological polar surface area (TPSA) is 52.5 Å². The average molecular weight is 290 g/mol. The van der Waals surface area contributed by atoms with Crippen LogP contribution in [0.1, 0.15) is 37.8 Å². The van der Waals surface area contributed by atoms with Gasteiger partial charge >= 0.3 is 0 Å². The number of anilines is 1. The predicted molar refractivity (Wildman–Crippen MR) is 83.2 cm³/mol. The Hall–Kier alpha value is -1.20. The molecule has 116 valence electrons. The van der Waals surface area contributed by atoms with Gasteiger partial charge in [-0.15, -0.1) is 0 Å². The third-order valence-electron chi connectivity index (χ3n) is 4.76. The van der Waals surface area contributed by atoms with Crippen molar-refractivity contribution in [2.24, 2.45) is 5.92 Å². The second kappa shape index (κ2) is 7.18. The molecule has 5 nitrogen and oxygen atoms in total. The minimum atomic E-state index is -0.0167. The summed E-state index contributed by atoms with van der Waals surface area (Å²) in [5.74, 6) is 1.68. The van der Waals surface area contributed by atoms with Crippen molar-refractivity contribution in [2.45, 2.75) is 38.7 Å². The summed E-state index contributed by atoms with van der Waals surface area (Å²) in [4.78, 5) is 13.6. The highest BCUT2D eigenvalue weighted by Gasteiger charge is 2.22. The van der Waals surface area contributed by atoms with E-state index in [0.717, 1.165) is 38.0 Å². The second-order valence-electron chi connectivity index (χ2n) is 6.30. The van der Waals surface area contributed by atoms with Crippen LogP contribution in [-0.2, 0) is 6.61 Å². The third-order valence-corrected chi connectivity index (χ3v) is 4.76. The molecule has 1 aliphatic carbocycles. The molecule has 21 heavy (non-hydrogen) atoms. The van der Waals surface area contributed by atoms with Crippen LogP contribution in [0.15, 0.2) is 12.3 Å². The molecule has 0 radical (unpaired) electrons. The Kier molecular flexibility index (Phi) is 5.04. The summed E-state index contributed by atoms with van der Waals surface area (Å²) in [6.45, 7) is 5.43. The van der Waals surface area contributed by atoms with Gasteiger partial charge < -0.3 is 10.0 Å². The molecule has 2 fully saturated rings. The number of nitrogens with zero attached hydrogens (tertiary/aromatic N) is 4. The SMILES string of the molecule is OCc1ccnc(N2CCN(CC3CCCCC3)CC2)n1. The maximum atomic E-state index is 9.17. The largest absolute Gasteiger partial charge is 0.390 e. The van der Waals surface area contributed by atoms with Gasteiger partial charge in [-0.25, -0.2) is 9.97 Å². The van der Waals surface area contributed by atoms with E-state index >= 15 is 0 Å². The lowest BCUT2D eigenvalue weighted by atomic mass is 9.89. The van der Waals surface area contributed by atoms with Crippen LogP contribution in [0.4, 0.5) is 5.95 Å². The van der Waals surface area contributed by atoms with Crippen LogP contribution in [-0.4, -0.2) is 52.7 Å². The summed E-state index contributed by atoms with van der Waals surface area (Å²) in [6.07, 6.45) is 8.85. The Balaban J connectivity index is 1.50. The number of aromatic nitrogens is 2. The molecule has 0 bridgehead atoms. The second-order valence-corrected chi connectivity index (χ2v) is 6.30. The van der Waals surface area contributed by atoms with Crippen LogP contribution < -0.4 is 4.90 Å². The fourth-order valence-corrected chi connectivity index (χ4v) is 3.49. The Morgan fingerprint density at radius 3 is 2.57 bits per heavy atom. The van der Waals surface area contributed by atoms with Gasteiger partial charge in [0.1, 0.15) is 0 Å². The van der Waals surface area contributed by atoms with Crippen LogP contribution in [0.3, 0.4) is 0 Å². The van der Waals surface area contributed by atoms with Crippen molar-refractivity contribution in [1.82, 2.24) is 14.9 Å². The van der Waals surface area contributed by atoms with E-state index in [0.29, 0.717) is 5.69 Å². The molecule has 1 aromatic heterocycles. The van der Waals surface area contributed by atoms with Gasteiger partial charge in [-0.3, -0.25) is 4.90 Å². The highest BCUT2D eigenvalue weighted by atomic mass is 16.3. The first kappa shape index (κ1) is 14.7. The molecular weight excluding hydrogens is 264 g/mol. The molecule has 0 atom stereocenters. The molecule has 1 saturated heterocycles. The Labute approximate surface area is 127 Å². The summed E-state index contributed by atoms with van der Waals surface area (Å²) in [5.41, 5.74) is 0.699. The number of hydrogen-bond donors (Lipinski definition) is 1. The fourth-order valence-electron chi connectivity index (χ4n) is 3.49. The minimum Gasteiger partial charge on any atom is -0.390 e. The lowest BCUT2D eigenvalue weighted by Gasteiger charge is -2.37. The lowest BCUT2D eigenvalue weighted by Crippen LogP contribution is -2.48. The zero-order valence-electron chi connectivity index (χ0n) is 12.7. The van der Waals surface area contributed by atoms with Crippen LogP contribution in [0, 0.1) is 5.92 Å². The van der Waals surface area contributed by atoms with E-state index < -0.39 is 0 Å². The Bertz CT molecular complexity index is 440. The summed E-state index contributed by atoms with van der Waals surface area (Å²) in [6, 6.07) is 1.77. The van der Waals surface area contributed by atoms with Crippen molar-refractivity contribution in [3.8, 4) is 0 Å². The highest BCUT2D eigenvalue weighted by molar-refractivity contribution is 5.31. The highest BCUT2D eigenvalue weighted by Crippen LogP contribution is 2.25. The first-order chi connectivity index (χ1) is 10.3. The first-order valence-electron chi connectivity index (χ1n) is 8.25. The molecule has 3 rings (SSSR count). The van der Waals surface area contributed by atoms with Gasteiger partial charge in [0, 0.05) is 38.9 Å². The van der Waals surface area contributed by atoms with E-state index in [1.54, 1.807) is 12.3 Å². The van der Waals surface area contributed by atoms with Crippen LogP contribution in [0.2, 0.25) is 0 Å². The molecule has 0 spiro atoms. The van der Waals surface area contributed by atoms with Gasteiger partial charge in [-0.1, -0.05) is 19.3 Å². The maximum absolute atomic E-state index is 9.17. The molecule has 1 aliphatic heterocycles. The summed E-state index contributed by atoms with van der Waals surface area (Å²) < 4.78 is 0. The lowest BCUT2D eigenvalue weighted by molar-refractivity contribution is 0.191. The van der Waals surface area contributed by atoms with Gasteiger partial charge in [-0.2, -0.15) is 0 Å². The summed E-state index contributed by atoms with van der Waals surface area (Å²) in [5, 5.41) is 9.17. The number of piperazine rings is 1. The van der Waals surface area contributed by atoms with Crippen molar-refractivity contribution in [2.75, 3.05) is 37.6 Å². The standard InChI is InChI=1S/C16H26N4O/c21-13-15-6-7-17-16(18-15)20-10-8-19(9-11-20)12-14-4-2-1-3-5-14/h6-7,14,21H,1-5,8-13H2. The van der Waals surface area contributed by atoms with E-state index in [4.69, 9.17) is 5.11 Å². The molecule has 5 heteroatoms. The molecule has 2 heterocycles. The van der Waals surface area contributed by atoms with Crippen molar-refractivity contribution in [3.63, 3.8) is 0 Å². The van der Waals surface area contributed by atoms with E-state index in [-0.39, 0.29) is 6.61 Å². The number of aliphatic hydroxyl groups is 1. The van der Waals surface area contributed by atoms with Crippen molar-refractivity contribution < 1.29 is 5.11 Å². The summed E-state index contributed by atoms with van der Waals surface area (Å²) >= 11 is 0. The number of hydrogen-bond acceptors (Lipinski definition) is 5. The zero-order chi connectivity index (χ0) is 14.5.